The van der Waals surface area contributed by atoms with Crippen LogP contribution in [0.4, 0.5) is 5.82 Å². The molecule has 0 bridgehead atoms. The molecular formula is C8H14N4O2. The minimum absolute atomic E-state index is 0.0982. The first-order valence-electron chi connectivity index (χ1n) is 4.25. The Bertz CT molecular complexity index is 387. The number of rotatable bonds is 3. The van der Waals surface area contributed by atoms with Gasteiger partial charge in [-0.1, -0.05) is 0 Å². The summed E-state index contributed by atoms with van der Waals surface area (Å²) in [5.41, 5.74) is 4.48. The van der Waals surface area contributed by atoms with Crippen molar-refractivity contribution in [2.24, 2.45) is 0 Å². The number of nitrogens with zero attached hydrogens (tertiary/aromatic N) is 2. The normalized spacial score (nSPS) is 10.8. The molecule has 1 aromatic rings. The Labute approximate surface area is 81.0 Å². The minimum atomic E-state index is -0.461. The van der Waals surface area contributed by atoms with Crippen LogP contribution in [0.2, 0.25) is 0 Å². The van der Waals surface area contributed by atoms with Gasteiger partial charge < -0.3 is 10.6 Å². The van der Waals surface area contributed by atoms with Crippen LogP contribution in [0.5, 0.6) is 0 Å². The monoisotopic (exact) mass is 198 g/mol. The third kappa shape index (κ3) is 2.46. The fraction of sp³-hybridized carbons (Fsp3) is 0.500. The molecule has 0 aliphatic heterocycles. The van der Waals surface area contributed by atoms with Crippen LogP contribution in [0.3, 0.4) is 0 Å². The average molecular weight is 198 g/mol. The van der Waals surface area contributed by atoms with Gasteiger partial charge in [-0.05, 0) is 14.1 Å². The van der Waals surface area contributed by atoms with E-state index >= 15 is 0 Å². The van der Waals surface area contributed by atoms with Gasteiger partial charge >= 0.3 is 5.69 Å². The highest BCUT2D eigenvalue weighted by atomic mass is 16.2. The lowest BCUT2D eigenvalue weighted by Gasteiger charge is -2.10. The Morgan fingerprint density at radius 1 is 1.50 bits per heavy atom. The number of hydrogen-bond acceptors (Lipinski definition) is 4. The van der Waals surface area contributed by atoms with Gasteiger partial charge in [-0.25, -0.2) is 4.79 Å². The van der Waals surface area contributed by atoms with E-state index in [1.807, 2.05) is 19.0 Å². The van der Waals surface area contributed by atoms with Crippen LogP contribution in [-0.4, -0.2) is 35.1 Å². The fourth-order valence-corrected chi connectivity index (χ4v) is 1.05. The van der Waals surface area contributed by atoms with Gasteiger partial charge in [0.25, 0.3) is 5.56 Å². The van der Waals surface area contributed by atoms with E-state index in [1.165, 1.54) is 6.07 Å². The molecule has 0 amide bonds. The molecule has 3 N–H and O–H groups in total. The van der Waals surface area contributed by atoms with Crippen molar-refractivity contribution in [3.8, 4) is 0 Å². The molecule has 6 heteroatoms. The van der Waals surface area contributed by atoms with Crippen LogP contribution in [0, 0.1) is 0 Å². The van der Waals surface area contributed by atoms with Crippen LogP contribution in [-0.2, 0) is 6.54 Å². The Morgan fingerprint density at radius 3 is 2.64 bits per heavy atom. The predicted octanol–water partition coefficient (Wildman–Crippen LogP) is -1.32. The minimum Gasteiger partial charge on any atom is -0.385 e. The van der Waals surface area contributed by atoms with Gasteiger partial charge in [0.1, 0.15) is 5.82 Å². The second kappa shape index (κ2) is 4.10. The topological polar surface area (TPSA) is 84.1 Å². The summed E-state index contributed by atoms with van der Waals surface area (Å²) in [6, 6.07) is 1.21. The van der Waals surface area contributed by atoms with Gasteiger partial charge in [0.05, 0.1) is 0 Å². The number of aromatic amines is 1. The zero-order chi connectivity index (χ0) is 10.7. The molecule has 0 radical (unpaired) electrons. The van der Waals surface area contributed by atoms with Crippen LogP contribution < -0.4 is 17.0 Å². The number of hydrogen-bond donors (Lipinski definition) is 2. The van der Waals surface area contributed by atoms with Crippen molar-refractivity contribution in [2.75, 3.05) is 26.4 Å². The molecule has 0 saturated carbocycles. The molecule has 1 aromatic heterocycles. The summed E-state index contributed by atoms with van der Waals surface area (Å²) in [5, 5.41) is 0. The van der Waals surface area contributed by atoms with E-state index in [9.17, 15) is 9.59 Å². The lowest BCUT2D eigenvalue weighted by molar-refractivity contribution is 0.376. The standard InChI is InChI=1S/C8H14N4O2/c1-11(2)3-4-12-7(13)5-6(9)10-8(12)14/h5H,3-4,9H2,1-2H3,(H,10,14). The lowest BCUT2D eigenvalue weighted by atomic mass is 10.5. The first-order valence-corrected chi connectivity index (χ1v) is 4.25. The smallest absolute Gasteiger partial charge is 0.329 e. The summed E-state index contributed by atoms with van der Waals surface area (Å²) >= 11 is 0. The second-order valence-electron chi connectivity index (χ2n) is 3.32. The summed E-state index contributed by atoms with van der Waals surface area (Å²) in [6.07, 6.45) is 0. The molecule has 1 heterocycles. The van der Waals surface area contributed by atoms with Crippen molar-refractivity contribution in [1.82, 2.24) is 14.5 Å². The summed E-state index contributed by atoms with van der Waals surface area (Å²) in [7, 11) is 3.74. The summed E-state index contributed by atoms with van der Waals surface area (Å²) in [6.45, 7) is 0.994. The van der Waals surface area contributed by atoms with Crippen LogP contribution in [0.15, 0.2) is 15.7 Å². The van der Waals surface area contributed by atoms with Gasteiger partial charge in [-0.15, -0.1) is 0 Å². The predicted molar refractivity (Wildman–Crippen MR) is 54.3 cm³/mol. The molecule has 0 aliphatic rings. The maximum Gasteiger partial charge on any atom is 0.329 e. The molecule has 0 aromatic carbocycles. The molecule has 14 heavy (non-hydrogen) atoms. The van der Waals surface area contributed by atoms with Crippen molar-refractivity contribution in [2.45, 2.75) is 6.54 Å². The van der Waals surface area contributed by atoms with E-state index in [-0.39, 0.29) is 11.4 Å². The molecule has 0 fully saturated rings. The van der Waals surface area contributed by atoms with Crippen molar-refractivity contribution >= 4 is 5.82 Å². The number of aromatic nitrogens is 2. The molecule has 6 nitrogen and oxygen atoms in total. The summed E-state index contributed by atoms with van der Waals surface area (Å²) < 4.78 is 1.12. The molecule has 0 aliphatic carbocycles. The third-order valence-corrected chi connectivity index (χ3v) is 1.81. The zero-order valence-electron chi connectivity index (χ0n) is 8.28. The Morgan fingerprint density at radius 2 is 2.14 bits per heavy atom. The largest absolute Gasteiger partial charge is 0.385 e. The van der Waals surface area contributed by atoms with Gasteiger partial charge in [-0.2, -0.15) is 0 Å². The third-order valence-electron chi connectivity index (χ3n) is 1.81. The van der Waals surface area contributed by atoms with Gasteiger partial charge in [0.2, 0.25) is 0 Å². The van der Waals surface area contributed by atoms with Gasteiger partial charge in [0, 0.05) is 19.2 Å². The Balaban J connectivity index is 2.98. The highest BCUT2D eigenvalue weighted by Gasteiger charge is 2.02. The molecular weight excluding hydrogens is 184 g/mol. The maximum atomic E-state index is 11.3. The number of likely N-dealkylation sites (N-methyl/N-ethyl adjacent to an activating group) is 1. The van der Waals surface area contributed by atoms with E-state index < -0.39 is 5.69 Å². The molecule has 1 rings (SSSR count). The fourth-order valence-electron chi connectivity index (χ4n) is 1.05. The van der Waals surface area contributed by atoms with Crippen molar-refractivity contribution in [3.05, 3.63) is 26.9 Å². The van der Waals surface area contributed by atoms with E-state index in [0.29, 0.717) is 13.1 Å². The maximum absolute atomic E-state index is 11.3. The highest BCUT2D eigenvalue weighted by Crippen LogP contribution is 1.83. The molecule has 0 spiro atoms. The lowest BCUT2D eigenvalue weighted by Crippen LogP contribution is -2.37. The first kappa shape index (κ1) is 10.5. The molecule has 0 atom stereocenters. The van der Waals surface area contributed by atoms with Crippen molar-refractivity contribution in [3.63, 3.8) is 0 Å². The Hall–Kier alpha value is -1.56. The highest BCUT2D eigenvalue weighted by molar-refractivity contribution is 5.23. The van der Waals surface area contributed by atoms with E-state index in [1.54, 1.807) is 0 Å². The summed E-state index contributed by atoms with van der Waals surface area (Å²) in [4.78, 5) is 26.9. The number of nitrogens with one attached hydrogen (secondary N) is 1. The van der Waals surface area contributed by atoms with E-state index in [4.69, 9.17) is 5.73 Å². The van der Waals surface area contributed by atoms with Crippen LogP contribution in [0.25, 0.3) is 0 Å². The van der Waals surface area contributed by atoms with E-state index in [2.05, 4.69) is 4.98 Å². The zero-order valence-corrected chi connectivity index (χ0v) is 8.28. The Kier molecular flexibility index (Phi) is 3.08. The number of anilines is 1. The molecule has 0 unspecified atom stereocenters. The summed E-state index contributed by atoms with van der Waals surface area (Å²) in [5.74, 6) is 0.0982. The number of nitrogens with two attached hydrogens (primary N) is 1. The van der Waals surface area contributed by atoms with Gasteiger partial charge in [-0.3, -0.25) is 14.3 Å². The molecule has 78 valence electrons. The quantitative estimate of drug-likeness (QED) is 0.631. The second-order valence-corrected chi connectivity index (χ2v) is 3.32. The van der Waals surface area contributed by atoms with E-state index in [0.717, 1.165) is 4.57 Å². The number of nitrogen functional groups attached to an aromatic ring is 1. The van der Waals surface area contributed by atoms with Gasteiger partial charge in [0.15, 0.2) is 0 Å². The molecule has 0 saturated heterocycles. The van der Waals surface area contributed by atoms with Crippen LogP contribution in [0.1, 0.15) is 0 Å². The SMILES string of the molecule is CN(C)CCn1c(=O)cc(N)[nH]c1=O. The van der Waals surface area contributed by atoms with Crippen molar-refractivity contribution < 1.29 is 0 Å². The average Bonchev–Trinajstić information content (AvgIpc) is 2.01. The van der Waals surface area contributed by atoms with Crippen molar-refractivity contribution in [1.29, 1.82) is 0 Å². The van der Waals surface area contributed by atoms with Crippen LogP contribution >= 0.6 is 0 Å². The number of H-pyrrole nitrogens is 1. The first-order chi connectivity index (χ1) is 6.50.